The Bertz CT molecular complexity index is 558. The first kappa shape index (κ1) is 14.7. The molecule has 0 radical (unpaired) electrons. The van der Waals surface area contributed by atoms with Gasteiger partial charge in [0.25, 0.3) is 0 Å². The maximum atomic E-state index is 12.1. The van der Waals surface area contributed by atoms with E-state index >= 15 is 0 Å². The number of ketones is 2. The van der Waals surface area contributed by atoms with E-state index in [1.165, 1.54) is 31.3 Å². The minimum absolute atomic E-state index is 0.259. The average molecular weight is 300 g/mol. The zero-order valence-electron chi connectivity index (χ0n) is 14.0. The zero-order chi connectivity index (χ0) is 15.5. The average Bonchev–Trinajstić information content (AvgIpc) is 2.84. The molecule has 0 aromatic carbocycles. The van der Waals surface area contributed by atoms with Gasteiger partial charge >= 0.3 is 0 Å². The first-order chi connectivity index (χ1) is 10.5. The summed E-state index contributed by atoms with van der Waals surface area (Å²) in [6.45, 7) is 4.21. The Labute approximate surface area is 133 Å². The molecule has 2 heteroatoms. The van der Waals surface area contributed by atoms with E-state index in [0.29, 0.717) is 17.5 Å². The molecule has 4 aliphatic rings. The lowest BCUT2D eigenvalue weighted by molar-refractivity contribution is -0.126. The molecule has 2 saturated carbocycles. The van der Waals surface area contributed by atoms with Gasteiger partial charge in [0.2, 0.25) is 0 Å². The minimum Gasteiger partial charge on any atom is -0.300 e. The third kappa shape index (κ3) is 1.98. The molecular weight excluding hydrogens is 272 g/mol. The summed E-state index contributed by atoms with van der Waals surface area (Å²) >= 11 is 0. The molecule has 0 bridgehead atoms. The van der Waals surface area contributed by atoms with Crippen molar-refractivity contribution in [3.8, 4) is 0 Å². The fourth-order valence-electron chi connectivity index (χ4n) is 6.72. The van der Waals surface area contributed by atoms with Crippen LogP contribution in [0.25, 0.3) is 0 Å². The number of hydrogen-bond donors (Lipinski definition) is 0. The Morgan fingerprint density at radius 2 is 1.91 bits per heavy atom. The molecule has 5 atom stereocenters. The van der Waals surface area contributed by atoms with Crippen LogP contribution in [0.2, 0.25) is 0 Å². The lowest BCUT2D eigenvalue weighted by Crippen LogP contribution is -2.45. The first-order valence-electron chi connectivity index (χ1n) is 9.23. The summed E-state index contributed by atoms with van der Waals surface area (Å²) in [6, 6.07) is 0. The van der Waals surface area contributed by atoms with Gasteiger partial charge in [-0.2, -0.15) is 0 Å². The summed E-state index contributed by atoms with van der Waals surface area (Å²) in [6.07, 6.45) is 9.82. The molecule has 0 aromatic heterocycles. The normalized spacial score (nSPS) is 44.4. The highest BCUT2D eigenvalue weighted by atomic mass is 16.1. The predicted octanol–water partition coefficient (Wildman–Crippen LogP) is 4.48. The fraction of sp³-hybridized carbons (Fsp3) is 0.800. The van der Waals surface area contributed by atoms with Gasteiger partial charge < -0.3 is 0 Å². The number of allylic oxidation sites excluding steroid dienone is 2. The summed E-state index contributed by atoms with van der Waals surface area (Å²) in [5.41, 5.74) is 3.43. The van der Waals surface area contributed by atoms with E-state index in [0.717, 1.165) is 49.9 Å². The summed E-state index contributed by atoms with van der Waals surface area (Å²) in [4.78, 5) is 23.8. The van der Waals surface area contributed by atoms with Gasteiger partial charge in [-0.05, 0) is 75.0 Å². The van der Waals surface area contributed by atoms with Gasteiger partial charge in [-0.25, -0.2) is 0 Å². The van der Waals surface area contributed by atoms with Crippen LogP contribution in [-0.2, 0) is 9.59 Å². The van der Waals surface area contributed by atoms with Crippen LogP contribution in [-0.4, -0.2) is 11.6 Å². The maximum absolute atomic E-state index is 12.1. The minimum atomic E-state index is 0.259. The topological polar surface area (TPSA) is 34.1 Å². The fourth-order valence-corrected chi connectivity index (χ4v) is 6.72. The van der Waals surface area contributed by atoms with Crippen molar-refractivity contribution in [3.63, 3.8) is 0 Å². The molecule has 0 N–H and O–H groups in total. The molecule has 0 unspecified atom stereocenters. The van der Waals surface area contributed by atoms with Crippen LogP contribution in [0.4, 0.5) is 0 Å². The van der Waals surface area contributed by atoms with Gasteiger partial charge in [0.1, 0.15) is 11.6 Å². The maximum Gasteiger partial charge on any atom is 0.137 e. The van der Waals surface area contributed by atoms with Crippen LogP contribution < -0.4 is 0 Å². The number of Topliss-reactive ketones (excluding diaryl/α,β-unsaturated/α-hetero) is 2. The van der Waals surface area contributed by atoms with Gasteiger partial charge in [0.15, 0.2) is 0 Å². The van der Waals surface area contributed by atoms with Crippen molar-refractivity contribution >= 4 is 11.6 Å². The Morgan fingerprint density at radius 1 is 1.09 bits per heavy atom. The van der Waals surface area contributed by atoms with E-state index in [9.17, 15) is 9.59 Å². The Hall–Kier alpha value is -0.920. The molecule has 4 rings (SSSR count). The van der Waals surface area contributed by atoms with E-state index < -0.39 is 0 Å². The summed E-state index contributed by atoms with van der Waals surface area (Å²) < 4.78 is 0. The van der Waals surface area contributed by atoms with E-state index in [1.54, 1.807) is 12.5 Å². The molecule has 4 aliphatic carbocycles. The molecule has 0 amide bonds. The van der Waals surface area contributed by atoms with Crippen LogP contribution in [0.1, 0.15) is 71.6 Å². The van der Waals surface area contributed by atoms with Gasteiger partial charge in [-0.3, -0.25) is 9.59 Å². The Kier molecular flexibility index (Phi) is 3.36. The van der Waals surface area contributed by atoms with Crippen molar-refractivity contribution < 1.29 is 9.59 Å². The number of rotatable bonds is 1. The quantitative estimate of drug-likeness (QED) is 0.669. The molecule has 0 heterocycles. The third-order valence-corrected chi connectivity index (χ3v) is 7.69. The van der Waals surface area contributed by atoms with E-state index in [4.69, 9.17) is 0 Å². The number of carbonyl (C=O) groups excluding carboxylic acids is 2. The highest BCUT2D eigenvalue weighted by Crippen LogP contribution is 2.63. The van der Waals surface area contributed by atoms with E-state index in [-0.39, 0.29) is 5.41 Å². The van der Waals surface area contributed by atoms with Gasteiger partial charge in [0.05, 0.1) is 0 Å². The number of hydrogen-bond acceptors (Lipinski definition) is 2. The van der Waals surface area contributed by atoms with Crippen LogP contribution in [0.15, 0.2) is 11.1 Å². The van der Waals surface area contributed by atoms with Crippen LogP contribution in [0.3, 0.4) is 0 Å². The van der Waals surface area contributed by atoms with Gasteiger partial charge in [0, 0.05) is 18.8 Å². The number of carbonyl (C=O) groups is 2. The lowest BCUT2D eigenvalue weighted by Gasteiger charge is -2.51. The Morgan fingerprint density at radius 3 is 2.68 bits per heavy atom. The van der Waals surface area contributed by atoms with Crippen LogP contribution in [0.5, 0.6) is 0 Å². The molecule has 0 spiro atoms. The van der Waals surface area contributed by atoms with Crippen LogP contribution in [0, 0.1) is 29.1 Å². The summed E-state index contributed by atoms with van der Waals surface area (Å²) in [5, 5.41) is 0. The standard InChI is InChI=1S/C20H28O2/c1-12(21)18-7-8-19-17-5-3-13-11-14(22)4-6-15(13)16(17)9-10-20(18,19)2/h16-19H,3-11H2,1-2H3/t16-,17+,18+,19-,20+/m0/s1. The Balaban J connectivity index is 1.64. The van der Waals surface area contributed by atoms with Crippen molar-refractivity contribution in [2.45, 2.75) is 71.6 Å². The van der Waals surface area contributed by atoms with Crippen LogP contribution >= 0.6 is 0 Å². The molecule has 0 aromatic rings. The van der Waals surface area contributed by atoms with Crippen molar-refractivity contribution in [1.82, 2.24) is 0 Å². The zero-order valence-corrected chi connectivity index (χ0v) is 14.0. The molecule has 2 fully saturated rings. The second-order valence-electron chi connectivity index (χ2n) is 8.54. The first-order valence-corrected chi connectivity index (χ1v) is 9.23. The molecule has 0 aliphatic heterocycles. The molecule has 0 saturated heterocycles. The largest absolute Gasteiger partial charge is 0.300 e. The molecule has 2 nitrogen and oxygen atoms in total. The van der Waals surface area contributed by atoms with Crippen molar-refractivity contribution in [2.24, 2.45) is 29.1 Å². The summed E-state index contributed by atoms with van der Waals surface area (Å²) in [7, 11) is 0. The molecule has 22 heavy (non-hydrogen) atoms. The smallest absolute Gasteiger partial charge is 0.137 e. The number of fused-ring (bicyclic) bond motifs is 4. The highest BCUT2D eigenvalue weighted by Gasteiger charge is 2.56. The van der Waals surface area contributed by atoms with Gasteiger partial charge in [-0.15, -0.1) is 0 Å². The van der Waals surface area contributed by atoms with Gasteiger partial charge in [-0.1, -0.05) is 18.1 Å². The monoisotopic (exact) mass is 300 g/mol. The SMILES string of the molecule is CC(=O)[C@H]1CC[C@H]2[C@@H]3CCC4=C(CCC(=O)C4)[C@@H]3CC[C@]12C. The van der Waals surface area contributed by atoms with Crippen molar-refractivity contribution in [2.75, 3.05) is 0 Å². The molecule has 120 valence electrons. The summed E-state index contributed by atoms with van der Waals surface area (Å²) in [5.74, 6) is 3.45. The third-order valence-electron chi connectivity index (χ3n) is 7.69. The van der Waals surface area contributed by atoms with E-state index in [1.807, 2.05) is 0 Å². The second kappa shape index (κ2) is 5.04. The van der Waals surface area contributed by atoms with E-state index in [2.05, 4.69) is 6.92 Å². The predicted molar refractivity (Wildman–Crippen MR) is 86.3 cm³/mol. The highest BCUT2D eigenvalue weighted by molar-refractivity contribution is 5.83. The van der Waals surface area contributed by atoms with Crippen molar-refractivity contribution in [1.29, 1.82) is 0 Å². The molecular formula is C20H28O2. The second-order valence-corrected chi connectivity index (χ2v) is 8.54. The lowest BCUT2D eigenvalue weighted by atomic mass is 9.53. The van der Waals surface area contributed by atoms with Crippen molar-refractivity contribution in [3.05, 3.63) is 11.1 Å².